The van der Waals surface area contributed by atoms with E-state index in [1.807, 2.05) is 35.7 Å². The minimum absolute atomic E-state index is 0.00220. The lowest BCUT2D eigenvalue weighted by Gasteiger charge is -2.29. The minimum Gasteiger partial charge on any atom is -0.394 e. The van der Waals surface area contributed by atoms with Crippen LogP contribution in [-0.2, 0) is 23.3 Å². The Kier molecular flexibility index (Phi) is 4.57. The molecule has 4 nitrogen and oxygen atoms in total. The number of aliphatic hydroxyl groups is 1. The van der Waals surface area contributed by atoms with Crippen molar-refractivity contribution in [3.05, 3.63) is 57.8 Å². The highest BCUT2D eigenvalue weighted by molar-refractivity contribution is 7.09. The van der Waals surface area contributed by atoms with E-state index in [0.717, 1.165) is 23.3 Å². The quantitative estimate of drug-likeness (QED) is 0.761. The summed E-state index contributed by atoms with van der Waals surface area (Å²) >= 11 is 1.63. The van der Waals surface area contributed by atoms with Crippen LogP contribution in [0.1, 0.15) is 22.4 Å². The summed E-state index contributed by atoms with van der Waals surface area (Å²) in [7, 11) is 0. The van der Waals surface area contributed by atoms with Gasteiger partial charge >= 0.3 is 0 Å². The molecule has 1 aliphatic rings. The van der Waals surface area contributed by atoms with Crippen LogP contribution in [0.2, 0.25) is 0 Å². The van der Waals surface area contributed by atoms with E-state index in [2.05, 4.69) is 16.7 Å². The third-order valence-electron chi connectivity index (χ3n) is 4.25. The van der Waals surface area contributed by atoms with Gasteiger partial charge in [0.1, 0.15) is 0 Å². The maximum absolute atomic E-state index is 12.0. The van der Waals surface area contributed by atoms with Crippen molar-refractivity contribution in [2.75, 3.05) is 13.2 Å². The summed E-state index contributed by atoms with van der Waals surface area (Å²) in [5.74, 6) is -0.0504. The molecule has 0 spiro atoms. The molecule has 0 bridgehead atoms. The maximum atomic E-state index is 12.0. The number of nitrogens with one attached hydrogen (secondary N) is 2. The molecule has 2 aromatic rings. The first-order valence-corrected chi connectivity index (χ1v) is 8.35. The largest absolute Gasteiger partial charge is 0.394 e. The van der Waals surface area contributed by atoms with Gasteiger partial charge in [0.05, 0.1) is 25.2 Å². The van der Waals surface area contributed by atoms with Crippen LogP contribution in [0.5, 0.6) is 0 Å². The zero-order chi connectivity index (χ0) is 15.4. The minimum atomic E-state index is -0.489. The number of hydrogen-bond acceptors (Lipinski definition) is 4. The molecule has 0 saturated carbocycles. The lowest BCUT2D eigenvalue weighted by Crippen LogP contribution is -2.48. The molecular weight excluding hydrogens is 296 g/mol. The average Bonchev–Trinajstić information content (AvgIpc) is 3.19. The standard InChI is InChI=1S/C17H20N2O2S/c20-12-17(8-7-13-4-1-2-6-15(13)17)19-11-16(21)18-10-14-5-3-9-22-14/h1-6,9,19-20H,7-8,10-12H2,(H,18,21). The van der Waals surface area contributed by atoms with Crippen molar-refractivity contribution >= 4 is 17.2 Å². The molecule has 0 saturated heterocycles. The lowest BCUT2D eigenvalue weighted by molar-refractivity contribution is -0.120. The predicted octanol–water partition coefficient (Wildman–Crippen LogP) is 1.79. The van der Waals surface area contributed by atoms with Crippen molar-refractivity contribution < 1.29 is 9.90 Å². The summed E-state index contributed by atoms with van der Waals surface area (Å²) in [5.41, 5.74) is 1.88. The molecule has 0 fully saturated rings. The van der Waals surface area contributed by atoms with Gasteiger partial charge < -0.3 is 10.4 Å². The van der Waals surface area contributed by atoms with Crippen molar-refractivity contribution in [2.24, 2.45) is 0 Å². The predicted molar refractivity (Wildman–Crippen MR) is 87.7 cm³/mol. The summed E-state index contributed by atoms with van der Waals surface area (Å²) in [6.45, 7) is 0.767. The van der Waals surface area contributed by atoms with E-state index in [9.17, 15) is 9.90 Å². The van der Waals surface area contributed by atoms with Crippen molar-refractivity contribution in [1.29, 1.82) is 0 Å². The van der Waals surface area contributed by atoms with Crippen LogP contribution in [0.3, 0.4) is 0 Å². The summed E-state index contributed by atoms with van der Waals surface area (Å²) in [4.78, 5) is 13.2. The lowest BCUT2D eigenvalue weighted by atomic mass is 9.92. The number of amides is 1. The summed E-state index contributed by atoms with van der Waals surface area (Å²) in [6.07, 6.45) is 1.75. The molecule has 1 amide bonds. The van der Waals surface area contributed by atoms with Crippen molar-refractivity contribution in [3.63, 3.8) is 0 Å². The number of benzene rings is 1. The molecule has 1 aromatic carbocycles. The molecule has 1 aromatic heterocycles. The highest BCUT2D eigenvalue weighted by Gasteiger charge is 2.37. The van der Waals surface area contributed by atoms with E-state index in [1.165, 1.54) is 5.56 Å². The van der Waals surface area contributed by atoms with E-state index in [4.69, 9.17) is 0 Å². The van der Waals surface area contributed by atoms with Crippen molar-refractivity contribution in [1.82, 2.24) is 10.6 Å². The highest BCUT2D eigenvalue weighted by Crippen LogP contribution is 2.36. The topological polar surface area (TPSA) is 61.4 Å². The van der Waals surface area contributed by atoms with E-state index in [1.54, 1.807) is 11.3 Å². The molecule has 1 unspecified atom stereocenters. The molecule has 0 aliphatic heterocycles. The second-order valence-electron chi connectivity index (χ2n) is 5.61. The normalized spacial score (nSPS) is 19.9. The molecule has 3 rings (SSSR count). The number of thiophene rings is 1. The van der Waals surface area contributed by atoms with Gasteiger partial charge in [-0.2, -0.15) is 0 Å². The highest BCUT2D eigenvalue weighted by atomic mass is 32.1. The van der Waals surface area contributed by atoms with Crippen LogP contribution in [-0.4, -0.2) is 24.2 Å². The zero-order valence-electron chi connectivity index (χ0n) is 12.3. The first kappa shape index (κ1) is 15.2. The Morgan fingerprint density at radius 1 is 1.27 bits per heavy atom. The number of fused-ring (bicyclic) bond motifs is 1. The third kappa shape index (κ3) is 3.06. The van der Waals surface area contributed by atoms with Gasteiger partial charge in [-0.15, -0.1) is 11.3 Å². The average molecular weight is 316 g/mol. The Labute approximate surface area is 134 Å². The summed E-state index contributed by atoms with van der Waals surface area (Å²) in [5, 5.41) is 18.0. The van der Waals surface area contributed by atoms with Gasteiger partial charge in [-0.25, -0.2) is 0 Å². The molecule has 1 aliphatic carbocycles. The third-order valence-corrected chi connectivity index (χ3v) is 5.13. The van der Waals surface area contributed by atoms with Crippen LogP contribution < -0.4 is 10.6 Å². The number of hydrogen-bond donors (Lipinski definition) is 3. The van der Waals surface area contributed by atoms with E-state index in [-0.39, 0.29) is 19.1 Å². The van der Waals surface area contributed by atoms with Crippen molar-refractivity contribution in [2.45, 2.75) is 24.9 Å². The molecule has 22 heavy (non-hydrogen) atoms. The zero-order valence-corrected chi connectivity index (χ0v) is 13.2. The molecule has 1 atom stereocenters. The summed E-state index contributed by atoms with van der Waals surface area (Å²) < 4.78 is 0. The van der Waals surface area contributed by atoms with E-state index >= 15 is 0 Å². The Hall–Kier alpha value is -1.69. The first-order chi connectivity index (χ1) is 10.7. The van der Waals surface area contributed by atoms with E-state index < -0.39 is 5.54 Å². The molecular formula is C17H20N2O2S. The van der Waals surface area contributed by atoms with Gasteiger partial charge in [0.15, 0.2) is 0 Å². The molecule has 0 radical (unpaired) electrons. The van der Waals surface area contributed by atoms with E-state index in [0.29, 0.717) is 6.54 Å². The van der Waals surface area contributed by atoms with Crippen LogP contribution in [0, 0.1) is 0 Å². The molecule has 3 N–H and O–H groups in total. The fourth-order valence-electron chi connectivity index (χ4n) is 3.00. The van der Waals surface area contributed by atoms with Gasteiger partial charge in [0, 0.05) is 4.88 Å². The number of aryl methyl sites for hydroxylation is 1. The Morgan fingerprint density at radius 2 is 2.14 bits per heavy atom. The number of carbonyl (C=O) groups is 1. The molecule has 1 heterocycles. The van der Waals surface area contributed by atoms with Gasteiger partial charge in [-0.05, 0) is 35.4 Å². The fraction of sp³-hybridized carbons (Fsp3) is 0.353. The van der Waals surface area contributed by atoms with Gasteiger partial charge in [0.25, 0.3) is 0 Å². The summed E-state index contributed by atoms with van der Waals surface area (Å²) in [6, 6.07) is 12.1. The molecule has 5 heteroatoms. The van der Waals surface area contributed by atoms with Crippen LogP contribution >= 0.6 is 11.3 Å². The second kappa shape index (κ2) is 6.60. The Morgan fingerprint density at radius 3 is 2.91 bits per heavy atom. The number of carbonyl (C=O) groups excluding carboxylic acids is 1. The molecule has 116 valence electrons. The number of rotatable bonds is 6. The second-order valence-corrected chi connectivity index (χ2v) is 6.64. The maximum Gasteiger partial charge on any atom is 0.234 e. The van der Waals surface area contributed by atoms with Crippen LogP contribution in [0.4, 0.5) is 0 Å². The SMILES string of the molecule is O=C(CNC1(CO)CCc2ccccc21)NCc1cccs1. The first-order valence-electron chi connectivity index (χ1n) is 7.47. The van der Waals surface area contributed by atoms with Gasteiger partial charge in [0.2, 0.25) is 5.91 Å². The fourth-order valence-corrected chi connectivity index (χ4v) is 3.65. The van der Waals surface area contributed by atoms with Crippen LogP contribution in [0.25, 0.3) is 0 Å². The monoisotopic (exact) mass is 316 g/mol. The van der Waals surface area contributed by atoms with Gasteiger partial charge in [-0.1, -0.05) is 30.3 Å². The smallest absolute Gasteiger partial charge is 0.234 e. The number of aliphatic hydroxyl groups excluding tert-OH is 1. The Bertz CT molecular complexity index is 642. The Balaban J connectivity index is 1.59. The van der Waals surface area contributed by atoms with Gasteiger partial charge in [-0.3, -0.25) is 10.1 Å². The van der Waals surface area contributed by atoms with Crippen LogP contribution in [0.15, 0.2) is 41.8 Å². The van der Waals surface area contributed by atoms with Crippen molar-refractivity contribution in [3.8, 4) is 0 Å².